The van der Waals surface area contributed by atoms with Crippen LogP contribution in [0.4, 0.5) is 8.78 Å². The van der Waals surface area contributed by atoms with Gasteiger partial charge in [0.05, 0.1) is 32.9 Å². The third-order valence-electron chi connectivity index (χ3n) is 4.69. The second-order valence-electron chi connectivity index (χ2n) is 6.46. The summed E-state index contributed by atoms with van der Waals surface area (Å²) in [5.74, 6) is -3.07. The van der Waals surface area contributed by atoms with Gasteiger partial charge in [-0.2, -0.15) is 10.4 Å². The van der Waals surface area contributed by atoms with Crippen molar-refractivity contribution in [2.75, 3.05) is 0 Å². The number of aromatic nitrogens is 3. The highest BCUT2D eigenvalue weighted by Gasteiger charge is 2.25. The lowest BCUT2D eigenvalue weighted by Gasteiger charge is -2.06. The molecule has 0 aliphatic rings. The van der Waals surface area contributed by atoms with Gasteiger partial charge in [-0.3, -0.25) is 9.25 Å². The summed E-state index contributed by atoms with van der Waals surface area (Å²) in [7, 11) is 0. The zero-order valence-corrected chi connectivity index (χ0v) is 17.5. The molecule has 4 rings (SSSR count). The SMILES string of the molecule is CCn1cc(-n2c(C#N)c(Sc3cccc(C(=O)O)c3F)c3ccc(Cl)c(F)c32)cn1. The lowest BCUT2D eigenvalue weighted by molar-refractivity contribution is 0.0691. The maximum Gasteiger partial charge on any atom is 0.338 e. The van der Waals surface area contributed by atoms with Gasteiger partial charge in [0.2, 0.25) is 0 Å². The van der Waals surface area contributed by atoms with Crippen LogP contribution in [0.1, 0.15) is 23.0 Å². The Balaban J connectivity index is 2.01. The molecule has 2 heterocycles. The van der Waals surface area contributed by atoms with Gasteiger partial charge < -0.3 is 5.11 Å². The van der Waals surface area contributed by atoms with Gasteiger partial charge in [0.15, 0.2) is 11.6 Å². The molecule has 0 amide bonds. The Labute approximate surface area is 184 Å². The average molecular weight is 459 g/mol. The van der Waals surface area contributed by atoms with E-state index in [1.807, 2.05) is 6.92 Å². The fourth-order valence-electron chi connectivity index (χ4n) is 3.25. The molecular formula is C21H13ClF2N4O2S. The number of aryl methyl sites for hydroxylation is 1. The minimum atomic E-state index is -1.41. The normalized spacial score (nSPS) is 11.1. The van der Waals surface area contributed by atoms with Gasteiger partial charge in [-0.15, -0.1) is 0 Å². The lowest BCUT2D eigenvalue weighted by atomic mass is 10.2. The van der Waals surface area contributed by atoms with Crippen LogP contribution >= 0.6 is 23.4 Å². The van der Waals surface area contributed by atoms with Crippen molar-refractivity contribution < 1.29 is 18.7 Å². The van der Waals surface area contributed by atoms with E-state index in [1.54, 1.807) is 16.9 Å². The molecule has 0 aliphatic carbocycles. The molecule has 0 aliphatic heterocycles. The molecule has 0 saturated heterocycles. The number of nitriles is 1. The lowest BCUT2D eigenvalue weighted by Crippen LogP contribution is -2.01. The summed E-state index contributed by atoms with van der Waals surface area (Å²) >= 11 is 6.85. The van der Waals surface area contributed by atoms with E-state index >= 15 is 4.39 Å². The molecule has 10 heteroatoms. The Morgan fingerprint density at radius 1 is 1.29 bits per heavy atom. The van der Waals surface area contributed by atoms with Crippen LogP contribution < -0.4 is 0 Å². The first-order valence-electron chi connectivity index (χ1n) is 9.02. The molecule has 0 unspecified atom stereocenters. The summed E-state index contributed by atoms with van der Waals surface area (Å²) in [6.45, 7) is 2.45. The summed E-state index contributed by atoms with van der Waals surface area (Å²) in [4.78, 5) is 11.6. The second-order valence-corrected chi connectivity index (χ2v) is 7.92. The van der Waals surface area contributed by atoms with Crippen LogP contribution in [0.15, 0.2) is 52.5 Å². The molecule has 156 valence electrons. The van der Waals surface area contributed by atoms with Crippen molar-refractivity contribution in [3.63, 3.8) is 0 Å². The van der Waals surface area contributed by atoms with Crippen LogP contribution in [0.2, 0.25) is 5.02 Å². The van der Waals surface area contributed by atoms with Crippen molar-refractivity contribution in [1.82, 2.24) is 14.3 Å². The highest BCUT2D eigenvalue weighted by Crippen LogP contribution is 2.42. The van der Waals surface area contributed by atoms with Crippen molar-refractivity contribution in [3.05, 3.63) is 70.6 Å². The fourth-order valence-corrected chi connectivity index (χ4v) is 4.48. The van der Waals surface area contributed by atoms with E-state index in [2.05, 4.69) is 11.2 Å². The summed E-state index contributed by atoms with van der Waals surface area (Å²) < 4.78 is 32.9. The molecule has 31 heavy (non-hydrogen) atoms. The number of carbonyl (C=O) groups is 1. The number of aromatic carboxylic acids is 1. The highest BCUT2D eigenvalue weighted by molar-refractivity contribution is 7.99. The molecule has 0 spiro atoms. The van der Waals surface area contributed by atoms with E-state index in [-0.39, 0.29) is 26.0 Å². The van der Waals surface area contributed by atoms with Crippen molar-refractivity contribution in [2.45, 2.75) is 23.3 Å². The summed E-state index contributed by atoms with van der Waals surface area (Å²) in [5.41, 5.74) is 0.0517. The number of rotatable bonds is 5. The number of carboxylic acids is 1. The minimum absolute atomic E-state index is 0.00457. The Kier molecular flexibility index (Phi) is 5.43. The zero-order chi connectivity index (χ0) is 22.3. The van der Waals surface area contributed by atoms with Gasteiger partial charge in [0.1, 0.15) is 11.8 Å². The van der Waals surface area contributed by atoms with Gasteiger partial charge in [-0.25, -0.2) is 13.6 Å². The number of hydrogen-bond acceptors (Lipinski definition) is 4. The van der Waals surface area contributed by atoms with Gasteiger partial charge >= 0.3 is 5.97 Å². The molecule has 0 saturated carbocycles. The van der Waals surface area contributed by atoms with Crippen molar-refractivity contribution in [1.29, 1.82) is 5.26 Å². The third-order valence-corrected chi connectivity index (χ3v) is 6.13. The van der Waals surface area contributed by atoms with Gasteiger partial charge in [0.25, 0.3) is 0 Å². The number of hydrogen-bond donors (Lipinski definition) is 1. The summed E-state index contributed by atoms with van der Waals surface area (Å²) in [6, 6.07) is 8.91. The molecule has 4 aromatic rings. The first-order chi connectivity index (χ1) is 14.9. The summed E-state index contributed by atoms with van der Waals surface area (Å²) in [6.07, 6.45) is 3.14. The van der Waals surface area contributed by atoms with E-state index < -0.39 is 23.2 Å². The summed E-state index contributed by atoms with van der Waals surface area (Å²) in [5, 5.41) is 23.5. The molecule has 0 radical (unpaired) electrons. The monoisotopic (exact) mass is 458 g/mol. The van der Waals surface area contributed by atoms with Gasteiger partial charge in [0, 0.05) is 23.0 Å². The van der Waals surface area contributed by atoms with Crippen molar-refractivity contribution in [2.24, 2.45) is 0 Å². The molecule has 0 bridgehead atoms. The molecule has 6 nitrogen and oxygen atoms in total. The maximum absolute atomic E-state index is 15.1. The van der Waals surface area contributed by atoms with Crippen LogP contribution in [-0.4, -0.2) is 25.4 Å². The predicted octanol–water partition coefficient (Wildman–Crippen LogP) is 5.50. The molecule has 2 aromatic heterocycles. The van der Waals surface area contributed by atoms with Gasteiger partial charge in [-0.1, -0.05) is 29.4 Å². The molecule has 0 atom stereocenters. The Bertz CT molecular complexity index is 1390. The first kappa shape index (κ1) is 20.9. The van der Waals surface area contributed by atoms with Crippen LogP contribution in [0.5, 0.6) is 0 Å². The minimum Gasteiger partial charge on any atom is -0.478 e. The molecular weight excluding hydrogens is 446 g/mol. The number of halogens is 3. The third kappa shape index (κ3) is 3.44. The first-order valence-corrected chi connectivity index (χ1v) is 10.2. The van der Waals surface area contributed by atoms with Crippen LogP contribution in [0.25, 0.3) is 16.6 Å². The van der Waals surface area contributed by atoms with E-state index in [1.165, 1.54) is 29.0 Å². The Morgan fingerprint density at radius 2 is 2.06 bits per heavy atom. The van der Waals surface area contributed by atoms with E-state index in [4.69, 9.17) is 11.6 Å². The average Bonchev–Trinajstić information content (AvgIpc) is 3.34. The molecule has 2 aromatic carbocycles. The largest absolute Gasteiger partial charge is 0.478 e. The number of carboxylic acid groups (broad SMARTS) is 1. The maximum atomic E-state index is 15.1. The van der Waals surface area contributed by atoms with Crippen LogP contribution in [-0.2, 0) is 6.54 Å². The number of nitrogens with zero attached hydrogens (tertiary/aromatic N) is 4. The Hall–Kier alpha value is -3.35. The van der Waals surface area contributed by atoms with E-state index in [0.717, 1.165) is 17.8 Å². The number of benzene rings is 2. The van der Waals surface area contributed by atoms with Crippen molar-refractivity contribution in [3.8, 4) is 11.8 Å². The van der Waals surface area contributed by atoms with Crippen LogP contribution in [0.3, 0.4) is 0 Å². The number of fused-ring (bicyclic) bond motifs is 1. The molecule has 0 fully saturated rings. The van der Waals surface area contributed by atoms with E-state index in [9.17, 15) is 19.6 Å². The highest BCUT2D eigenvalue weighted by atomic mass is 35.5. The second kappa shape index (κ2) is 8.06. The zero-order valence-electron chi connectivity index (χ0n) is 15.9. The van der Waals surface area contributed by atoms with E-state index in [0.29, 0.717) is 17.6 Å². The predicted molar refractivity (Wildman–Crippen MR) is 112 cm³/mol. The standard InChI is InChI=1S/C21H13ClF2N4O2S/c1-2-27-10-11(9-26-27)28-15(8-25)20(13-6-7-14(22)18(24)19(13)28)31-16-5-3-4-12(17(16)23)21(29)30/h3-7,9-10H,2H2,1H3,(H,29,30). The molecule has 1 N–H and O–H groups in total. The Morgan fingerprint density at radius 3 is 2.71 bits per heavy atom. The quantitative estimate of drug-likeness (QED) is 0.427. The smallest absolute Gasteiger partial charge is 0.338 e. The van der Waals surface area contributed by atoms with Gasteiger partial charge in [-0.05, 0) is 31.2 Å². The topological polar surface area (TPSA) is 83.8 Å². The van der Waals surface area contributed by atoms with Crippen LogP contribution in [0, 0.1) is 23.0 Å². The van der Waals surface area contributed by atoms with Crippen molar-refractivity contribution >= 4 is 40.2 Å². The fraction of sp³-hybridized carbons (Fsp3) is 0.0952.